The number of aromatic nitrogens is 2. The fourth-order valence-corrected chi connectivity index (χ4v) is 5.62. The number of hydrogen-bond donors (Lipinski definition) is 0. The average Bonchev–Trinajstić information content (AvgIpc) is 3.19. The molecule has 0 saturated carbocycles. The number of amides is 2. The maximum Gasteiger partial charge on any atom is 0.272 e. The highest BCUT2D eigenvalue weighted by molar-refractivity contribution is 5.93. The highest BCUT2D eigenvalue weighted by atomic mass is 16.2. The van der Waals surface area contributed by atoms with Gasteiger partial charge in [-0.05, 0) is 57.1 Å². The quantitative estimate of drug-likeness (QED) is 0.717. The minimum absolute atomic E-state index is 0.0275. The van der Waals surface area contributed by atoms with E-state index in [0.29, 0.717) is 31.2 Å². The molecule has 0 N–H and O–H groups in total. The summed E-state index contributed by atoms with van der Waals surface area (Å²) in [6, 6.07) is 12.1. The zero-order chi connectivity index (χ0) is 22.8. The predicted octanol–water partition coefficient (Wildman–Crippen LogP) is 3.57. The highest BCUT2D eigenvalue weighted by Crippen LogP contribution is 2.33. The molecule has 3 aliphatic rings. The fraction of sp³-hybridized carbons (Fsp3) is 0.538. The molecule has 174 valence electrons. The molecule has 0 spiro atoms. The van der Waals surface area contributed by atoms with Gasteiger partial charge in [0.2, 0.25) is 11.9 Å². The molecule has 33 heavy (non-hydrogen) atoms. The molecule has 2 aromatic rings. The summed E-state index contributed by atoms with van der Waals surface area (Å²) in [6.45, 7) is 5.10. The Kier molecular flexibility index (Phi) is 6.29. The number of carbonyl (C=O) groups is 2. The monoisotopic (exact) mass is 447 g/mol. The lowest BCUT2D eigenvalue weighted by Crippen LogP contribution is -2.47. The lowest BCUT2D eigenvalue weighted by molar-refractivity contribution is -0.133. The predicted molar refractivity (Wildman–Crippen MR) is 127 cm³/mol. The Bertz CT molecular complexity index is 1000. The summed E-state index contributed by atoms with van der Waals surface area (Å²) in [6.07, 6.45) is 6.56. The molecule has 3 saturated heterocycles. The van der Waals surface area contributed by atoms with Gasteiger partial charge in [0.25, 0.3) is 5.91 Å². The number of fused-ring (bicyclic) bond motifs is 1. The van der Waals surface area contributed by atoms with E-state index in [1.54, 1.807) is 0 Å². The van der Waals surface area contributed by atoms with Gasteiger partial charge in [-0.3, -0.25) is 9.59 Å². The molecule has 0 unspecified atom stereocenters. The molecule has 0 bridgehead atoms. The summed E-state index contributed by atoms with van der Waals surface area (Å²) in [5.74, 6) is 0.849. The SMILES string of the molecule is Cc1cc(C(=O)N2CC[C@@H]3[C@H]2CCCC(=O)N3Cc2ccccc2)nc(N2CCCCC2)n1. The Morgan fingerprint density at radius 2 is 1.76 bits per heavy atom. The summed E-state index contributed by atoms with van der Waals surface area (Å²) >= 11 is 0. The molecule has 7 heteroatoms. The molecule has 3 aliphatic heterocycles. The van der Waals surface area contributed by atoms with Gasteiger partial charge >= 0.3 is 0 Å². The van der Waals surface area contributed by atoms with Crippen molar-refractivity contribution in [2.45, 2.75) is 70.5 Å². The van der Waals surface area contributed by atoms with E-state index in [-0.39, 0.29) is 23.9 Å². The van der Waals surface area contributed by atoms with Crippen LogP contribution in [0.15, 0.2) is 36.4 Å². The standard InChI is InChI=1S/C26H33N5O2/c1-19-17-21(28-26(27-19)29-14-6-3-7-15-29)25(33)30-16-13-23-22(30)11-8-12-24(32)31(23)18-20-9-4-2-5-10-20/h2,4-5,9-10,17,22-23H,3,6-8,11-16,18H2,1H3/t22-,23-/m1/s1. The van der Waals surface area contributed by atoms with Crippen molar-refractivity contribution in [2.75, 3.05) is 24.5 Å². The molecule has 2 amide bonds. The second-order valence-electron chi connectivity index (χ2n) is 9.56. The van der Waals surface area contributed by atoms with Gasteiger partial charge < -0.3 is 14.7 Å². The summed E-state index contributed by atoms with van der Waals surface area (Å²) in [5.41, 5.74) is 2.44. The summed E-state index contributed by atoms with van der Waals surface area (Å²) in [7, 11) is 0. The maximum atomic E-state index is 13.7. The first-order valence-electron chi connectivity index (χ1n) is 12.3. The Balaban J connectivity index is 1.37. The molecule has 1 aromatic heterocycles. The number of nitrogens with zero attached hydrogens (tertiary/aromatic N) is 5. The van der Waals surface area contributed by atoms with E-state index in [0.717, 1.165) is 56.5 Å². The molecular weight excluding hydrogens is 414 g/mol. The molecular formula is C26H33N5O2. The molecule has 0 radical (unpaired) electrons. The summed E-state index contributed by atoms with van der Waals surface area (Å²) in [4.78, 5) is 42.2. The molecule has 7 nitrogen and oxygen atoms in total. The van der Waals surface area contributed by atoms with Crippen LogP contribution in [-0.2, 0) is 11.3 Å². The van der Waals surface area contributed by atoms with Crippen molar-refractivity contribution >= 4 is 17.8 Å². The molecule has 3 fully saturated rings. The van der Waals surface area contributed by atoms with E-state index in [2.05, 4.69) is 22.0 Å². The van der Waals surface area contributed by atoms with Crippen LogP contribution in [0.5, 0.6) is 0 Å². The second kappa shape index (κ2) is 9.49. The lowest BCUT2D eigenvalue weighted by atomic mass is 10.0. The first-order chi connectivity index (χ1) is 16.1. The van der Waals surface area contributed by atoms with E-state index in [1.807, 2.05) is 41.0 Å². The van der Waals surface area contributed by atoms with Crippen molar-refractivity contribution in [3.05, 3.63) is 53.3 Å². The first kappa shape index (κ1) is 21.9. The van der Waals surface area contributed by atoms with E-state index in [4.69, 9.17) is 4.98 Å². The molecule has 5 rings (SSSR count). The Labute approximate surface area is 195 Å². The van der Waals surface area contributed by atoms with E-state index >= 15 is 0 Å². The maximum absolute atomic E-state index is 13.7. The summed E-state index contributed by atoms with van der Waals surface area (Å²) in [5, 5.41) is 0. The van der Waals surface area contributed by atoms with Crippen LogP contribution < -0.4 is 4.90 Å². The van der Waals surface area contributed by atoms with Crippen LogP contribution in [-0.4, -0.2) is 63.3 Å². The van der Waals surface area contributed by atoms with Gasteiger partial charge in [0.1, 0.15) is 5.69 Å². The van der Waals surface area contributed by atoms with Crippen molar-refractivity contribution in [3.8, 4) is 0 Å². The van der Waals surface area contributed by atoms with E-state index in [1.165, 1.54) is 6.42 Å². The van der Waals surface area contributed by atoms with Gasteiger partial charge in [0.05, 0.1) is 12.1 Å². The zero-order valence-electron chi connectivity index (χ0n) is 19.4. The highest BCUT2D eigenvalue weighted by Gasteiger charge is 2.43. The van der Waals surface area contributed by atoms with Crippen molar-refractivity contribution in [1.82, 2.24) is 19.8 Å². The number of hydrogen-bond acceptors (Lipinski definition) is 5. The van der Waals surface area contributed by atoms with Crippen molar-refractivity contribution in [1.29, 1.82) is 0 Å². The number of piperidine rings is 1. The molecule has 1 aromatic carbocycles. The van der Waals surface area contributed by atoms with Crippen molar-refractivity contribution in [2.24, 2.45) is 0 Å². The Hall–Kier alpha value is -2.96. The van der Waals surface area contributed by atoms with Gasteiger partial charge in [0, 0.05) is 38.3 Å². The van der Waals surface area contributed by atoms with Gasteiger partial charge in [-0.15, -0.1) is 0 Å². The number of aryl methyl sites for hydroxylation is 1. The van der Waals surface area contributed by atoms with Gasteiger partial charge in [0.15, 0.2) is 0 Å². The van der Waals surface area contributed by atoms with Crippen LogP contribution >= 0.6 is 0 Å². The van der Waals surface area contributed by atoms with Gasteiger partial charge in [-0.2, -0.15) is 0 Å². The second-order valence-corrected chi connectivity index (χ2v) is 9.56. The minimum atomic E-state index is -0.0275. The van der Waals surface area contributed by atoms with Crippen LogP contribution in [0, 0.1) is 6.92 Å². The Morgan fingerprint density at radius 1 is 0.970 bits per heavy atom. The number of rotatable bonds is 4. The average molecular weight is 448 g/mol. The number of carbonyl (C=O) groups excluding carboxylic acids is 2. The Morgan fingerprint density at radius 3 is 2.55 bits per heavy atom. The van der Waals surface area contributed by atoms with Crippen LogP contribution in [0.4, 0.5) is 5.95 Å². The van der Waals surface area contributed by atoms with Crippen molar-refractivity contribution in [3.63, 3.8) is 0 Å². The normalized spacial score (nSPS) is 23.4. The largest absolute Gasteiger partial charge is 0.341 e. The molecule has 4 heterocycles. The fourth-order valence-electron chi connectivity index (χ4n) is 5.62. The third kappa shape index (κ3) is 4.59. The smallest absolute Gasteiger partial charge is 0.272 e. The third-order valence-corrected chi connectivity index (χ3v) is 7.28. The van der Waals surface area contributed by atoms with E-state index in [9.17, 15) is 9.59 Å². The summed E-state index contributed by atoms with van der Waals surface area (Å²) < 4.78 is 0. The van der Waals surface area contributed by atoms with Crippen LogP contribution in [0.25, 0.3) is 0 Å². The van der Waals surface area contributed by atoms with Crippen LogP contribution in [0.2, 0.25) is 0 Å². The number of benzene rings is 1. The van der Waals surface area contributed by atoms with Crippen LogP contribution in [0.3, 0.4) is 0 Å². The number of anilines is 1. The minimum Gasteiger partial charge on any atom is -0.341 e. The molecule has 2 atom stereocenters. The number of likely N-dealkylation sites (tertiary alicyclic amines) is 2. The van der Waals surface area contributed by atoms with Gasteiger partial charge in [-0.25, -0.2) is 9.97 Å². The topological polar surface area (TPSA) is 69.6 Å². The van der Waals surface area contributed by atoms with E-state index < -0.39 is 0 Å². The van der Waals surface area contributed by atoms with Gasteiger partial charge in [-0.1, -0.05) is 30.3 Å². The zero-order valence-corrected chi connectivity index (χ0v) is 19.4. The lowest BCUT2D eigenvalue weighted by Gasteiger charge is -2.33. The molecule has 0 aliphatic carbocycles. The first-order valence-corrected chi connectivity index (χ1v) is 12.3. The van der Waals surface area contributed by atoms with Crippen LogP contribution in [0.1, 0.15) is 66.7 Å². The van der Waals surface area contributed by atoms with Crippen molar-refractivity contribution < 1.29 is 9.59 Å². The third-order valence-electron chi connectivity index (χ3n) is 7.28.